The highest BCUT2D eigenvalue weighted by Gasteiger charge is 2.19. The van der Waals surface area contributed by atoms with Crippen molar-refractivity contribution in [3.05, 3.63) is 23.3 Å². The highest BCUT2D eigenvalue weighted by Crippen LogP contribution is 2.35. The summed E-state index contributed by atoms with van der Waals surface area (Å²) in [4.78, 5) is 0. The van der Waals surface area contributed by atoms with Crippen LogP contribution in [0.1, 0.15) is 44.7 Å². The van der Waals surface area contributed by atoms with Crippen LogP contribution in [-0.4, -0.2) is 17.8 Å². The van der Waals surface area contributed by atoms with Crippen LogP contribution in [0.25, 0.3) is 0 Å². The van der Waals surface area contributed by atoms with E-state index >= 15 is 0 Å². The fourth-order valence-electron chi connectivity index (χ4n) is 1.89. The first-order valence-electron chi connectivity index (χ1n) is 5.93. The summed E-state index contributed by atoms with van der Waals surface area (Å²) in [7, 11) is 1.57. The van der Waals surface area contributed by atoms with Gasteiger partial charge in [0.05, 0.1) is 7.11 Å². The predicted octanol–water partition coefficient (Wildman–Crippen LogP) is 2.80. The maximum atomic E-state index is 9.95. The van der Waals surface area contributed by atoms with Crippen molar-refractivity contribution in [1.82, 2.24) is 0 Å². The number of phenolic OH excluding ortho intramolecular Hbond substituents is 1. The number of phenols is 1. The molecule has 0 spiro atoms. The third-order valence-electron chi connectivity index (χ3n) is 2.69. The Bertz CT molecular complexity index is 392. The minimum atomic E-state index is -0.324. The van der Waals surface area contributed by atoms with Crippen molar-refractivity contribution in [2.75, 3.05) is 7.11 Å². The second-order valence-electron chi connectivity index (χ2n) is 5.55. The maximum absolute atomic E-state index is 9.95. The molecule has 3 heteroatoms. The predicted molar refractivity (Wildman–Crippen MR) is 70.7 cm³/mol. The SMILES string of the molecule is COc1c(O)cc(C(C)C)cc1CC(C)(C)N. The van der Waals surface area contributed by atoms with Crippen LogP contribution in [0.15, 0.2) is 12.1 Å². The zero-order valence-electron chi connectivity index (χ0n) is 11.4. The zero-order chi connectivity index (χ0) is 13.2. The first kappa shape index (κ1) is 13.8. The molecule has 0 unspecified atom stereocenters. The molecule has 0 aliphatic heterocycles. The lowest BCUT2D eigenvalue weighted by molar-refractivity contribution is 0.364. The number of hydrogen-bond acceptors (Lipinski definition) is 3. The van der Waals surface area contributed by atoms with Crippen LogP contribution in [0.3, 0.4) is 0 Å². The summed E-state index contributed by atoms with van der Waals surface area (Å²) in [6.07, 6.45) is 0.671. The average Bonchev–Trinajstić information content (AvgIpc) is 2.14. The molecule has 0 aliphatic rings. The Balaban J connectivity index is 3.24. The van der Waals surface area contributed by atoms with Gasteiger partial charge in [0.2, 0.25) is 0 Å². The molecule has 0 aromatic heterocycles. The molecule has 0 atom stereocenters. The van der Waals surface area contributed by atoms with Gasteiger partial charge in [0.25, 0.3) is 0 Å². The maximum Gasteiger partial charge on any atom is 0.163 e. The summed E-state index contributed by atoms with van der Waals surface area (Å²) >= 11 is 0. The fraction of sp³-hybridized carbons (Fsp3) is 0.571. The molecule has 17 heavy (non-hydrogen) atoms. The Morgan fingerprint density at radius 2 is 1.94 bits per heavy atom. The molecule has 3 nitrogen and oxygen atoms in total. The molecule has 96 valence electrons. The van der Waals surface area contributed by atoms with Crippen molar-refractivity contribution >= 4 is 0 Å². The van der Waals surface area contributed by atoms with Gasteiger partial charge >= 0.3 is 0 Å². The smallest absolute Gasteiger partial charge is 0.163 e. The van der Waals surface area contributed by atoms with Crippen molar-refractivity contribution in [3.63, 3.8) is 0 Å². The van der Waals surface area contributed by atoms with Gasteiger partial charge in [-0.3, -0.25) is 0 Å². The van der Waals surface area contributed by atoms with Gasteiger partial charge in [-0.2, -0.15) is 0 Å². The lowest BCUT2D eigenvalue weighted by Crippen LogP contribution is -2.34. The number of benzene rings is 1. The van der Waals surface area contributed by atoms with Gasteiger partial charge in [0.1, 0.15) is 0 Å². The average molecular weight is 237 g/mol. The molecule has 1 aromatic carbocycles. The Hall–Kier alpha value is -1.22. The molecule has 0 fully saturated rings. The van der Waals surface area contributed by atoms with Crippen LogP contribution in [0.4, 0.5) is 0 Å². The summed E-state index contributed by atoms with van der Waals surface area (Å²) in [5, 5.41) is 9.95. The fourth-order valence-corrected chi connectivity index (χ4v) is 1.89. The minimum Gasteiger partial charge on any atom is -0.504 e. The number of rotatable bonds is 4. The zero-order valence-corrected chi connectivity index (χ0v) is 11.4. The number of aromatic hydroxyl groups is 1. The van der Waals surface area contributed by atoms with Crippen molar-refractivity contribution < 1.29 is 9.84 Å². The van der Waals surface area contributed by atoms with Gasteiger partial charge in [-0.15, -0.1) is 0 Å². The van der Waals surface area contributed by atoms with Gasteiger partial charge in [-0.1, -0.05) is 19.9 Å². The van der Waals surface area contributed by atoms with E-state index in [-0.39, 0.29) is 11.3 Å². The monoisotopic (exact) mass is 237 g/mol. The molecule has 0 amide bonds. The quantitative estimate of drug-likeness (QED) is 0.846. The van der Waals surface area contributed by atoms with Crippen LogP contribution >= 0.6 is 0 Å². The molecule has 0 saturated carbocycles. The van der Waals surface area contributed by atoms with Crippen LogP contribution in [0.5, 0.6) is 11.5 Å². The van der Waals surface area contributed by atoms with Gasteiger partial charge in [-0.05, 0) is 37.8 Å². The van der Waals surface area contributed by atoms with Crippen LogP contribution in [0, 0.1) is 0 Å². The van der Waals surface area contributed by atoms with Gasteiger partial charge in [-0.25, -0.2) is 0 Å². The van der Waals surface area contributed by atoms with Crippen molar-refractivity contribution in [2.45, 2.75) is 45.6 Å². The summed E-state index contributed by atoms with van der Waals surface area (Å²) < 4.78 is 5.25. The van der Waals surface area contributed by atoms with E-state index in [0.29, 0.717) is 18.1 Å². The minimum absolute atomic E-state index is 0.193. The second kappa shape index (κ2) is 4.96. The summed E-state index contributed by atoms with van der Waals surface area (Å²) in [5.41, 5.74) is 7.77. The third-order valence-corrected chi connectivity index (χ3v) is 2.69. The Morgan fingerprint density at radius 3 is 2.35 bits per heavy atom. The first-order valence-corrected chi connectivity index (χ1v) is 5.93. The summed E-state index contributed by atoms with van der Waals surface area (Å²) in [6, 6.07) is 3.83. The Labute approximate surface area is 104 Å². The van der Waals surface area contributed by atoms with E-state index in [2.05, 4.69) is 19.9 Å². The highest BCUT2D eigenvalue weighted by atomic mass is 16.5. The van der Waals surface area contributed by atoms with Crippen LogP contribution in [0.2, 0.25) is 0 Å². The lowest BCUT2D eigenvalue weighted by Gasteiger charge is -2.22. The molecule has 3 N–H and O–H groups in total. The summed E-state index contributed by atoms with van der Waals surface area (Å²) in [6.45, 7) is 8.12. The van der Waals surface area contributed by atoms with E-state index in [9.17, 15) is 5.11 Å². The molecule has 0 saturated heterocycles. The van der Waals surface area contributed by atoms with E-state index in [4.69, 9.17) is 10.5 Å². The third kappa shape index (κ3) is 3.63. The Morgan fingerprint density at radius 1 is 1.35 bits per heavy atom. The van der Waals surface area contributed by atoms with E-state index in [1.807, 2.05) is 13.8 Å². The number of hydrogen-bond donors (Lipinski definition) is 2. The molecular formula is C14H23NO2. The van der Waals surface area contributed by atoms with Crippen molar-refractivity contribution in [1.29, 1.82) is 0 Å². The normalized spacial score (nSPS) is 11.9. The van der Waals surface area contributed by atoms with Crippen molar-refractivity contribution in [2.24, 2.45) is 5.73 Å². The number of methoxy groups -OCH3 is 1. The van der Waals surface area contributed by atoms with Crippen molar-refractivity contribution in [3.8, 4) is 11.5 Å². The Kier molecular flexibility index (Phi) is 4.04. The molecule has 1 aromatic rings. The van der Waals surface area contributed by atoms with Crippen LogP contribution < -0.4 is 10.5 Å². The molecule has 0 bridgehead atoms. The number of nitrogens with two attached hydrogens (primary N) is 1. The standard InChI is InChI=1S/C14H23NO2/c1-9(2)10-6-11(8-14(3,4)15)13(17-5)12(16)7-10/h6-7,9,16H,8,15H2,1-5H3. The largest absolute Gasteiger partial charge is 0.504 e. The molecule has 0 aliphatic carbocycles. The topological polar surface area (TPSA) is 55.5 Å². The lowest BCUT2D eigenvalue weighted by atomic mass is 9.91. The van der Waals surface area contributed by atoms with Gasteiger partial charge in [0.15, 0.2) is 11.5 Å². The molecule has 0 radical (unpaired) electrons. The van der Waals surface area contributed by atoms with Gasteiger partial charge < -0.3 is 15.6 Å². The van der Waals surface area contributed by atoms with E-state index in [0.717, 1.165) is 11.1 Å². The van der Waals surface area contributed by atoms with Gasteiger partial charge in [0, 0.05) is 11.1 Å². The second-order valence-corrected chi connectivity index (χ2v) is 5.55. The number of ether oxygens (including phenoxy) is 1. The highest BCUT2D eigenvalue weighted by molar-refractivity contribution is 5.50. The van der Waals surface area contributed by atoms with E-state index in [1.165, 1.54) is 0 Å². The van der Waals surface area contributed by atoms with Crippen LogP contribution in [-0.2, 0) is 6.42 Å². The molecule has 0 heterocycles. The summed E-state index contributed by atoms with van der Waals surface area (Å²) in [5.74, 6) is 1.09. The van der Waals surface area contributed by atoms with E-state index in [1.54, 1.807) is 13.2 Å². The first-order chi connectivity index (χ1) is 7.74. The van der Waals surface area contributed by atoms with E-state index < -0.39 is 0 Å². The molecule has 1 rings (SSSR count). The molecular weight excluding hydrogens is 214 g/mol.